The molecule has 11 nitrogen and oxygen atoms in total. The second-order valence-corrected chi connectivity index (χ2v) is 13.0. The number of aliphatic hydroxyl groups excluding tert-OH is 1. The number of nitrogens with zero attached hydrogens (tertiary/aromatic N) is 4. The molecular formula is C30H45F3N6O5S. The zero-order valence-electron chi connectivity index (χ0n) is 26.8. The van der Waals surface area contributed by atoms with Gasteiger partial charge in [-0.15, -0.1) is 11.3 Å². The summed E-state index contributed by atoms with van der Waals surface area (Å²) in [7, 11) is 0. The highest BCUT2D eigenvalue weighted by molar-refractivity contribution is 7.21. The predicted molar refractivity (Wildman–Crippen MR) is 170 cm³/mol. The van der Waals surface area contributed by atoms with Gasteiger partial charge in [-0.1, -0.05) is 25.5 Å². The van der Waals surface area contributed by atoms with Gasteiger partial charge in [0, 0.05) is 19.6 Å². The van der Waals surface area contributed by atoms with Crippen molar-refractivity contribution in [3.05, 3.63) is 30.0 Å². The third-order valence-corrected chi connectivity index (χ3v) is 7.02. The van der Waals surface area contributed by atoms with Crippen molar-refractivity contribution < 1.29 is 38.0 Å². The number of aromatic nitrogens is 3. The standard InChI is InChI=1S/C27H37F3N6O3S.C3H8O2/c1-6-18(15-36(13-14-37)25(38)39-26(3,4)5)11-12-31-22-21(23-34-19-9-7-8-10-20(19)40-23)17(2)33-24(35-22)32-16-27(28,29)30;1-3(2,4)5/h7-10,18,37H,6,11-16H2,1-5H3,(H2,31,32,33,35);4-5H,1-2H3. The summed E-state index contributed by atoms with van der Waals surface area (Å²) in [4.78, 5) is 27.5. The number of fused-ring (bicyclic) bond motifs is 1. The molecule has 1 aromatic carbocycles. The molecule has 0 saturated carbocycles. The van der Waals surface area contributed by atoms with E-state index < -0.39 is 30.2 Å². The number of ether oxygens (including phenoxy) is 1. The highest BCUT2D eigenvalue weighted by atomic mass is 32.1. The molecule has 2 heterocycles. The van der Waals surface area contributed by atoms with Crippen LogP contribution in [0.5, 0.6) is 0 Å². The van der Waals surface area contributed by atoms with Crippen LogP contribution in [0.15, 0.2) is 24.3 Å². The van der Waals surface area contributed by atoms with Gasteiger partial charge in [0.15, 0.2) is 5.79 Å². The van der Waals surface area contributed by atoms with E-state index in [9.17, 15) is 23.1 Å². The number of carbonyl (C=O) groups excluding carboxylic acids is 1. The second kappa shape index (κ2) is 16.3. The van der Waals surface area contributed by atoms with Crippen LogP contribution >= 0.6 is 11.3 Å². The van der Waals surface area contributed by atoms with Crippen molar-refractivity contribution in [2.24, 2.45) is 5.92 Å². The van der Waals surface area contributed by atoms with Crippen LogP contribution in [0.2, 0.25) is 0 Å². The summed E-state index contributed by atoms with van der Waals surface area (Å²) in [5, 5.41) is 31.8. The number of amides is 1. The molecule has 0 fully saturated rings. The Hall–Kier alpha value is -3.27. The zero-order valence-corrected chi connectivity index (χ0v) is 27.6. The number of nitrogens with one attached hydrogen (secondary N) is 2. The van der Waals surface area contributed by atoms with E-state index in [-0.39, 0.29) is 25.0 Å². The first-order valence-corrected chi connectivity index (χ1v) is 15.4. The Labute approximate surface area is 265 Å². The maximum absolute atomic E-state index is 12.8. The molecule has 15 heteroatoms. The summed E-state index contributed by atoms with van der Waals surface area (Å²) in [6.45, 7) is 11.2. The minimum Gasteiger partial charge on any atom is -0.444 e. The molecule has 1 atom stereocenters. The fraction of sp³-hybridized carbons (Fsp3) is 0.600. The Bertz CT molecular complexity index is 1340. The van der Waals surface area contributed by atoms with E-state index in [0.29, 0.717) is 41.6 Å². The third kappa shape index (κ3) is 14.1. The number of hydrogen-bond acceptors (Lipinski definition) is 11. The summed E-state index contributed by atoms with van der Waals surface area (Å²) in [5.74, 6) is -1.18. The number of carbonyl (C=O) groups is 1. The minimum atomic E-state index is -4.42. The highest BCUT2D eigenvalue weighted by Gasteiger charge is 2.28. The van der Waals surface area contributed by atoms with Crippen molar-refractivity contribution in [1.29, 1.82) is 0 Å². The lowest BCUT2D eigenvalue weighted by Gasteiger charge is -2.29. The van der Waals surface area contributed by atoms with Crippen molar-refractivity contribution in [2.45, 2.75) is 78.9 Å². The van der Waals surface area contributed by atoms with E-state index in [1.807, 2.05) is 31.2 Å². The molecule has 0 radical (unpaired) electrons. The number of thiazole rings is 1. The van der Waals surface area contributed by atoms with E-state index in [4.69, 9.17) is 19.9 Å². The van der Waals surface area contributed by atoms with Crippen molar-refractivity contribution in [1.82, 2.24) is 19.9 Å². The van der Waals surface area contributed by atoms with E-state index in [1.54, 1.807) is 27.7 Å². The quantitative estimate of drug-likeness (QED) is 0.151. The molecule has 3 rings (SSSR count). The van der Waals surface area contributed by atoms with Crippen LogP contribution in [0.4, 0.5) is 29.7 Å². The van der Waals surface area contributed by atoms with Crippen LogP contribution in [-0.2, 0) is 4.74 Å². The first kappa shape index (κ1) is 37.9. The van der Waals surface area contributed by atoms with Gasteiger partial charge < -0.3 is 35.6 Å². The van der Waals surface area contributed by atoms with Crippen LogP contribution in [0.25, 0.3) is 20.8 Å². The van der Waals surface area contributed by atoms with Crippen LogP contribution in [-0.4, -0.2) is 91.6 Å². The van der Waals surface area contributed by atoms with Crippen LogP contribution in [0, 0.1) is 12.8 Å². The van der Waals surface area contributed by atoms with Crippen LogP contribution in [0.3, 0.4) is 0 Å². The average molecular weight is 659 g/mol. The van der Waals surface area contributed by atoms with Gasteiger partial charge >= 0.3 is 12.3 Å². The molecule has 2 aromatic heterocycles. The molecular weight excluding hydrogens is 613 g/mol. The normalized spacial score (nSPS) is 12.7. The first-order valence-electron chi connectivity index (χ1n) is 14.6. The molecule has 45 heavy (non-hydrogen) atoms. The Morgan fingerprint density at radius 2 is 1.71 bits per heavy atom. The number of hydrogen-bond donors (Lipinski definition) is 5. The summed E-state index contributed by atoms with van der Waals surface area (Å²) < 4.78 is 45.0. The second-order valence-electron chi connectivity index (χ2n) is 11.9. The van der Waals surface area contributed by atoms with Crippen molar-refractivity contribution in [3.8, 4) is 10.6 Å². The van der Waals surface area contributed by atoms with Gasteiger partial charge in [-0.05, 0) is 66.0 Å². The van der Waals surface area contributed by atoms with Crippen molar-refractivity contribution >= 4 is 39.4 Å². The number of anilines is 2. The smallest absolute Gasteiger partial charge is 0.410 e. The van der Waals surface area contributed by atoms with Gasteiger partial charge in [0.2, 0.25) is 5.95 Å². The molecule has 0 spiro atoms. The van der Waals surface area contributed by atoms with Crippen LogP contribution in [0.1, 0.15) is 60.1 Å². The van der Waals surface area contributed by atoms with Gasteiger partial charge in [0.25, 0.3) is 0 Å². The summed E-state index contributed by atoms with van der Waals surface area (Å²) in [6.07, 6.45) is -3.51. The van der Waals surface area contributed by atoms with Crippen LogP contribution < -0.4 is 10.6 Å². The van der Waals surface area contributed by atoms with Gasteiger partial charge in [0.05, 0.1) is 28.1 Å². The van der Waals surface area contributed by atoms with E-state index in [2.05, 4.69) is 20.6 Å². The van der Waals surface area contributed by atoms with Gasteiger partial charge in [-0.25, -0.2) is 14.8 Å². The summed E-state index contributed by atoms with van der Waals surface area (Å²) in [6, 6.07) is 7.65. The van der Waals surface area contributed by atoms with E-state index >= 15 is 0 Å². The lowest BCUT2D eigenvalue weighted by Crippen LogP contribution is -2.41. The number of aryl methyl sites for hydroxylation is 1. The molecule has 1 unspecified atom stereocenters. The SMILES string of the molecule is CC(C)(O)O.CCC(CCNc1nc(NCC(F)(F)F)nc(C)c1-c1nc2ccccc2s1)CN(CCO)C(=O)OC(C)(C)C. The number of para-hydroxylation sites is 1. The molecule has 0 aliphatic rings. The largest absolute Gasteiger partial charge is 0.444 e. The Balaban J connectivity index is 0.00000130. The Morgan fingerprint density at radius 1 is 1.07 bits per heavy atom. The van der Waals surface area contributed by atoms with Gasteiger partial charge in [-0.2, -0.15) is 18.2 Å². The average Bonchev–Trinajstić information content (AvgIpc) is 3.32. The van der Waals surface area contributed by atoms with Crippen molar-refractivity contribution in [3.63, 3.8) is 0 Å². The van der Waals surface area contributed by atoms with E-state index in [1.165, 1.54) is 30.1 Å². The molecule has 0 bridgehead atoms. The summed E-state index contributed by atoms with van der Waals surface area (Å²) >= 11 is 1.45. The maximum Gasteiger partial charge on any atom is 0.410 e. The number of alkyl halides is 3. The molecule has 0 aliphatic carbocycles. The highest BCUT2D eigenvalue weighted by Crippen LogP contribution is 2.36. The molecule has 0 saturated heterocycles. The number of aliphatic hydroxyl groups is 3. The third-order valence-electron chi connectivity index (χ3n) is 5.97. The molecule has 5 N–H and O–H groups in total. The number of halogens is 3. The van der Waals surface area contributed by atoms with E-state index in [0.717, 1.165) is 16.6 Å². The zero-order chi connectivity index (χ0) is 34.0. The minimum absolute atomic E-state index is 0.0724. The molecule has 1 amide bonds. The molecule has 0 aliphatic heterocycles. The summed E-state index contributed by atoms with van der Waals surface area (Å²) in [5.41, 5.74) is 1.27. The predicted octanol–water partition coefficient (Wildman–Crippen LogP) is 5.80. The number of rotatable bonds is 12. The van der Waals surface area contributed by atoms with Crippen molar-refractivity contribution in [2.75, 3.05) is 43.4 Å². The monoisotopic (exact) mass is 658 g/mol. The fourth-order valence-corrected chi connectivity index (χ4v) is 5.09. The molecule has 252 valence electrons. The Kier molecular flexibility index (Phi) is 13.8. The maximum atomic E-state index is 12.8. The first-order chi connectivity index (χ1) is 20.8. The molecule has 3 aromatic rings. The van der Waals surface area contributed by atoms with Gasteiger partial charge in [-0.3, -0.25) is 0 Å². The van der Waals surface area contributed by atoms with Gasteiger partial charge in [0.1, 0.15) is 23.0 Å². The topological polar surface area (TPSA) is 153 Å². The Morgan fingerprint density at radius 3 is 2.27 bits per heavy atom. The fourth-order valence-electron chi connectivity index (χ4n) is 4.03. The lowest BCUT2D eigenvalue weighted by molar-refractivity contribution is -0.127. The lowest BCUT2D eigenvalue weighted by atomic mass is 10.0. The number of benzene rings is 1.